The van der Waals surface area contributed by atoms with Gasteiger partial charge in [0.15, 0.2) is 5.78 Å². The molecule has 186 valence electrons. The van der Waals surface area contributed by atoms with E-state index in [1.165, 1.54) is 23.1 Å². The van der Waals surface area contributed by atoms with Gasteiger partial charge < -0.3 is 9.14 Å². The van der Waals surface area contributed by atoms with Gasteiger partial charge in [0.05, 0.1) is 38.0 Å². The van der Waals surface area contributed by atoms with Gasteiger partial charge in [0.25, 0.3) is 0 Å². The molecule has 5 rings (SSSR count). The molecule has 2 aromatic carbocycles. The number of nitrogens with zero attached hydrogens (tertiary/aromatic N) is 1. The van der Waals surface area contributed by atoms with Crippen molar-refractivity contribution >= 4 is 84.6 Å². The number of ether oxygens (including phenoxy) is 1. The molecule has 0 fully saturated rings. The summed E-state index contributed by atoms with van der Waals surface area (Å²) in [4.78, 5) is 40.2. The molecule has 0 aliphatic rings. The molecule has 3 aromatic heterocycles. The van der Waals surface area contributed by atoms with Crippen LogP contribution in [0.5, 0.6) is 0 Å². The van der Waals surface area contributed by atoms with Crippen molar-refractivity contribution in [2.75, 3.05) is 12.4 Å². The van der Waals surface area contributed by atoms with E-state index in [0.717, 1.165) is 14.2 Å². The summed E-state index contributed by atoms with van der Waals surface area (Å²) in [5.74, 6) is -0.578. The summed E-state index contributed by atoms with van der Waals surface area (Å²) < 4.78 is 8.92. The van der Waals surface area contributed by atoms with Gasteiger partial charge in [0.2, 0.25) is 5.78 Å². The fourth-order valence-electron chi connectivity index (χ4n) is 4.07. The van der Waals surface area contributed by atoms with Gasteiger partial charge >= 0.3 is 5.97 Å². The van der Waals surface area contributed by atoms with Crippen molar-refractivity contribution in [1.82, 2.24) is 4.40 Å². The van der Waals surface area contributed by atoms with Gasteiger partial charge in [-0.05, 0) is 67.6 Å². The summed E-state index contributed by atoms with van der Waals surface area (Å²) in [5.41, 5.74) is 2.78. The number of halogens is 2. The number of benzene rings is 2. The van der Waals surface area contributed by atoms with E-state index in [0.29, 0.717) is 37.5 Å². The number of ketones is 2. The smallest absolute Gasteiger partial charge is 0.341 e. The van der Waals surface area contributed by atoms with Crippen LogP contribution in [0.25, 0.3) is 16.4 Å². The van der Waals surface area contributed by atoms with Crippen molar-refractivity contribution in [3.05, 3.63) is 104 Å². The maximum absolute atomic E-state index is 13.7. The van der Waals surface area contributed by atoms with E-state index in [1.807, 2.05) is 28.8 Å². The van der Waals surface area contributed by atoms with Gasteiger partial charge in [-0.25, -0.2) is 4.79 Å². The quantitative estimate of drug-likeness (QED) is 0.101. The average molecular weight is 613 g/mol. The van der Waals surface area contributed by atoms with Crippen LogP contribution < -0.4 is 0 Å². The molecule has 0 bridgehead atoms. The zero-order valence-electron chi connectivity index (χ0n) is 19.5. The van der Waals surface area contributed by atoms with E-state index < -0.39 is 5.97 Å². The maximum atomic E-state index is 13.7. The number of hydrogen-bond donors (Lipinski definition) is 0. The highest BCUT2D eigenvalue weighted by Crippen LogP contribution is 2.44. The molecule has 0 unspecified atom stereocenters. The van der Waals surface area contributed by atoms with Crippen molar-refractivity contribution in [2.24, 2.45) is 0 Å². The highest BCUT2D eigenvalue weighted by Gasteiger charge is 2.29. The summed E-state index contributed by atoms with van der Waals surface area (Å²) in [6, 6.07) is 19.4. The predicted octanol–water partition coefficient (Wildman–Crippen LogP) is 7.95. The minimum atomic E-state index is -0.488. The second-order valence-corrected chi connectivity index (χ2v) is 11.7. The van der Waals surface area contributed by atoms with Crippen molar-refractivity contribution in [2.45, 2.75) is 11.1 Å². The Hall–Kier alpha value is -2.91. The Labute approximate surface area is 234 Å². The van der Waals surface area contributed by atoms with E-state index in [9.17, 15) is 14.4 Å². The first-order chi connectivity index (χ1) is 17.9. The summed E-state index contributed by atoms with van der Waals surface area (Å²) in [5, 5.41) is 1.11. The molecule has 0 atom stereocenters. The van der Waals surface area contributed by atoms with Gasteiger partial charge in [-0.3, -0.25) is 9.59 Å². The number of fused-ring (bicyclic) bond motifs is 3. The molecule has 5 nitrogen and oxygen atoms in total. The molecule has 0 radical (unpaired) electrons. The first kappa shape index (κ1) is 25.7. The van der Waals surface area contributed by atoms with Crippen molar-refractivity contribution in [3.63, 3.8) is 0 Å². The summed E-state index contributed by atoms with van der Waals surface area (Å²) in [6.45, 7) is 1.96. The molecule has 0 N–H and O–H groups in total. The predicted molar refractivity (Wildman–Crippen MR) is 153 cm³/mol. The lowest BCUT2D eigenvalue weighted by atomic mass is 10.1. The number of rotatable bonds is 8. The lowest BCUT2D eigenvalue weighted by Crippen LogP contribution is -2.06. The third-order valence-electron chi connectivity index (χ3n) is 5.75. The Morgan fingerprint density at radius 3 is 2.41 bits per heavy atom. The first-order valence-electron chi connectivity index (χ1n) is 11.3. The third-order valence-corrected chi connectivity index (χ3v) is 8.97. The van der Waals surface area contributed by atoms with E-state index in [1.54, 1.807) is 55.5 Å². The Bertz CT molecular complexity index is 1660. The lowest BCUT2D eigenvalue weighted by Gasteiger charge is -2.04. The second-order valence-electron chi connectivity index (χ2n) is 8.05. The van der Waals surface area contributed by atoms with Crippen LogP contribution in [-0.2, 0) is 4.74 Å². The number of carbonyl (C=O) groups excluding carboxylic acids is 3. The number of esters is 1. The van der Waals surface area contributed by atoms with Crippen LogP contribution in [0.3, 0.4) is 0 Å². The molecule has 0 spiro atoms. The summed E-state index contributed by atoms with van der Waals surface area (Å²) in [7, 11) is 0. The zero-order chi connectivity index (χ0) is 26.1. The number of hydrogen-bond acceptors (Lipinski definition) is 6. The number of thiophene rings is 1. The van der Waals surface area contributed by atoms with E-state index in [4.69, 9.17) is 16.3 Å². The minimum absolute atomic E-state index is 0.0597. The fourth-order valence-corrected chi connectivity index (χ4v) is 6.89. The maximum Gasteiger partial charge on any atom is 0.341 e. The van der Waals surface area contributed by atoms with Crippen LogP contribution in [0.1, 0.15) is 42.9 Å². The number of carbonyl (C=O) groups is 3. The summed E-state index contributed by atoms with van der Waals surface area (Å²) >= 11 is 12.0. The van der Waals surface area contributed by atoms with Crippen LogP contribution >= 0.6 is 50.6 Å². The van der Waals surface area contributed by atoms with Crippen LogP contribution in [0.15, 0.2) is 81.6 Å². The molecule has 3 heterocycles. The van der Waals surface area contributed by atoms with Gasteiger partial charge in [-0.15, -0.1) is 23.1 Å². The average Bonchev–Trinajstić information content (AvgIpc) is 3.43. The van der Waals surface area contributed by atoms with Crippen LogP contribution in [-0.4, -0.2) is 34.3 Å². The molecule has 0 saturated carbocycles. The number of Topliss-reactive ketones (excluding diaryl/α,β-unsaturated/α-hetero) is 1. The fraction of sp³-hybridized carbons (Fsp3) is 0.107. The SMILES string of the molecule is CCOC(=O)c1c2c(C(=O)c3ccc(Br)cc3)sc(SCC(=O)c3ccc(Cl)cc3)c2n2ccccc12. The monoisotopic (exact) mass is 611 g/mol. The van der Waals surface area contributed by atoms with Crippen molar-refractivity contribution in [3.8, 4) is 0 Å². The van der Waals surface area contributed by atoms with E-state index >= 15 is 0 Å². The van der Waals surface area contributed by atoms with Gasteiger partial charge in [-0.2, -0.15) is 0 Å². The molecule has 0 aliphatic heterocycles. The van der Waals surface area contributed by atoms with E-state index in [-0.39, 0.29) is 23.9 Å². The zero-order valence-corrected chi connectivity index (χ0v) is 23.5. The minimum Gasteiger partial charge on any atom is -0.462 e. The van der Waals surface area contributed by atoms with Crippen LogP contribution in [0.4, 0.5) is 0 Å². The Morgan fingerprint density at radius 1 is 1.00 bits per heavy atom. The van der Waals surface area contributed by atoms with Crippen LogP contribution in [0.2, 0.25) is 5.02 Å². The molecule has 0 saturated heterocycles. The van der Waals surface area contributed by atoms with Crippen LogP contribution in [0, 0.1) is 0 Å². The number of pyridine rings is 1. The lowest BCUT2D eigenvalue weighted by molar-refractivity contribution is 0.0530. The Balaban J connectivity index is 1.66. The highest BCUT2D eigenvalue weighted by molar-refractivity contribution is 9.10. The Kier molecular flexibility index (Phi) is 7.53. The third kappa shape index (κ3) is 4.99. The molecular weight excluding hydrogens is 594 g/mol. The summed E-state index contributed by atoms with van der Waals surface area (Å²) in [6.07, 6.45) is 1.85. The highest BCUT2D eigenvalue weighted by atomic mass is 79.9. The molecule has 9 heteroatoms. The van der Waals surface area contributed by atoms with E-state index in [2.05, 4.69) is 15.9 Å². The first-order valence-corrected chi connectivity index (χ1v) is 14.3. The molecule has 0 aliphatic carbocycles. The van der Waals surface area contributed by atoms with Crippen molar-refractivity contribution in [1.29, 1.82) is 0 Å². The van der Waals surface area contributed by atoms with Gasteiger partial charge in [-0.1, -0.05) is 33.6 Å². The van der Waals surface area contributed by atoms with Gasteiger partial charge in [0.1, 0.15) is 0 Å². The number of aromatic nitrogens is 1. The van der Waals surface area contributed by atoms with Crippen molar-refractivity contribution < 1.29 is 19.1 Å². The molecular formula is C28H19BrClNO4S2. The molecule has 37 heavy (non-hydrogen) atoms. The normalized spacial score (nSPS) is 11.2. The standard InChI is InChI=1S/C28H19BrClNO4S2/c1-2-35-27(34)22-20-5-3-4-14-31(20)24-23(22)26(25(33)17-6-10-18(29)11-7-17)37-28(24)36-15-21(32)16-8-12-19(30)13-9-16/h3-14H,2,15H2,1H3. The van der Waals surface area contributed by atoms with Gasteiger partial charge in [0, 0.05) is 32.2 Å². The topological polar surface area (TPSA) is 64.9 Å². The number of thioether (sulfide) groups is 1. The largest absolute Gasteiger partial charge is 0.462 e. The molecule has 5 aromatic rings. The Morgan fingerprint density at radius 2 is 1.70 bits per heavy atom. The second kappa shape index (κ2) is 10.8. The molecule has 0 amide bonds.